The number of nitrogens with zero attached hydrogens (tertiary/aromatic N) is 6. The molecule has 8 heteroatoms. The first-order valence-corrected chi connectivity index (χ1v) is 11.7. The molecule has 0 saturated carbocycles. The highest BCUT2D eigenvalue weighted by molar-refractivity contribution is 5.94. The highest BCUT2D eigenvalue weighted by Crippen LogP contribution is 2.24. The minimum Gasteiger partial charge on any atom is -0.352 e. The summed E-state index contributed by atoms with van der Waals surface area (Å²) in [4.78, 5) is 21.9. The summed E-state index contributed by atoms with van der Waals surface area (Å²) in [6, 6.07) is 20.1. The Morgan fingerprint density at radius 1 is 1.03 bits per heavy atom. The number of piperazine rings is 1. The predicted octanol–water partition coefficient (Wildman–Crippen LogP) is 2.59. The molecule has 34 heavy (non-hydrogen) atoms. The maximum Gasteiger partial charge on any atom is 0.252 e. The smallest absolute Gasteiger partial charge is 0.252 e. The average molecular weight is 456 g/mol. The molecule has 0 bridgehead atoms. The standard InChI is InChI=1S/C26H29N7O/c1-31-15-16-32(17-20-7-3-2-4-8-20)19-23(31)25-30-29-24-11-10-21(18-33(24)25)26(34)28-14-12-22-9-5-6-13-27-22/h2-11,13,18,23H,12,14-17,19H2,1H3,(H,28,34). The Morgan fingerprint density at radius 2 is 1.88 bits per heavy atom. The monoisotopic (exact) mass is 455 g/mol. The lowest BCUT2D eigenvalue weighted by atomic mass is 10.1. The molecule has 4 heterocycles. The van der Waals surface area contributed by atoms with Crippen LogP contribution < -0.4 is 5.32 Å². The Balaban J connectivity index is 1.30. The van der Waals surface area contributed by atoms with Crippen molar-refractivity contribution in [2.45, 2.75) is 19.0 Å². The summed E-state index contributed by atoms with van der Waals surface area (Å²) < 4.78 is 1.96. The van der Waals surface area contributed by atoms with Gasteiger partial charge in [-0.2, -0.15) is 0 Å². The number of carbonyl (C=O) groups excluding carboxylic acids is 1. The first-order valence-electron chi connectivity index (χ1n) is 11.7. The molecule has 0 radical (unpaired) electrons. The molecule has 5 rings (SSSR count). The van der Waals surface area contributed by atoms with E-state index in [1.54, 1.807) is 12.3 Å². The topological polar surface area (TPSA) is 78.7 Å². The molecule has 8 nitrogen and oxygen atoms in total. The molecule has 1 aliphatic rings. The van der Waals surface area contributed by atoms with Crippen LogP contribution in [0.5, 0.6) is 0 Å². The highest BCUT2D eigenvalue weighted by Gasteiger charge is 2.29. The quantitative estimate of drug-likeness (QED) is 0.462. The number of hydrogen-bond acceptors (Lipinski definition) is 6. The zero-order valence-electron chi connectivity index (χ0n) is 19.3. The lowest BCUT2D eigenvalue weighted by Crippen LogP contribution is -2.46. The van der Waals surface area contributed by atoms with E-state index in [1.165, 1.54) is 5.56 Å². The first kappa shape index (κ1) is 22.2. The summed E-state index contributed by atoms with van der Waals surface area (Å²) in [6.45, 7) is 4.24. The predicted molar refractivity (Wildman–Crippen MR) is 130 cm³/mol. The fourth-order valence-electron chi connectivity index (χ4n) is 4.42. The number of benzene rings is 1. The van der Waals surface area contributed by atoms with E-state index in [1.807, 2.05) is 40.9 Å². The molecule has 1 amide bonds. The van der Waals surface area contributed by atoms with Gasteiger partial charge in [-0.15, -0.1) is 10.2 Å². The Morgan fingerprint density at radius 3 is 2.71 bits per heavy atom. The first-order chi connectivity index (χ1) is 16.7. The van der Waals surface area contributed by atoms with Gasteiger partial charge in [-0.3, -0.25) is 24.0 Å². The Hall–Kier alpha value is -3.62. The lowest BCUT2D eigenvalue weighted by molar-refractivity contribution is 0.0852. The zero-order valence-corrected chi connectivity index (χ0v) is 19.3. The summed E-state index contributed by atoms with van der Waals surface area (Å²) in [7, 11) is 2.12. The third-order valence-electron chi connectivity index (χ3n) is 6.36. The number of likely N-dealkylation sites (N-methyl/N-ethyl adjacent to an activating group) is 1. The van der Waals surface area contributed by atoms with Gasteiger partial charge in [0.25, 0.3) is 5.91 Å². The van der Waals surface area contributed by atoms with E-state index < -0.39 is 0 Å². The Kier molecular flexibility index (Phi) is 6.60. The second-order valence-corrected chi connectivity index (χ2v) is 8.75. The van der Waals surface area contributed by atoms with Gasteiger partial charge in [-0.25, -0.2) is 0 Å². The Labute approximate surface area is 199 Å². The van der Waals surface area contributed by atoms with Crippen molar-refractivity contribution in [3.05, 3.63) is 95.7 Å². The zero-order chi connectivity index (χ0) is 23.3. The molecule has 174 valence electrons. The van der Waals surface area contributed by atoms with Crippen molar-refractivity contribution in [1.82, 2.24) is 34.7 Å². The van der Waals surface area contributed by atoms with Gasteiger partial charge in [0.2, 0.25) is 0 Å². The number of aromatic nitrogens is 4. The van der Waals surface area contributed by atoms with Crippen LogP contribution in [0.25, 0.3) is 5.65 Å². The van der Waals surface area contributed by atoms with Crippen LogP contribution in [0, 0.1) is 0 Å². The maximum atomic E-state index is 12.8. The van der Waals surface area contributed by atoms with Gasteiger partial charge in [-0.1, -0.05) is 36.4 Å². The Bertz CT molecular complexity index is 1240. The second kappa shape index (κ2) is 10.1. The van der Waals surface area contributed by atoms with Crippen molar-refractivity contribution < 1.29 is 4.79 Å². The fraction of sp³-hybridized carbons (Fsp3) is 0.308. The van der Waals surface area contributed by atoms with Gasteiger partial charge in [0, 0.05) is 57.2 Å². The number of fused-ring (bicyclic) bond motifs is 1. The molecule has 0 spiro atoms. The summed E-state index contributed by atoms with van der Waals surface area (Å²) >= 11 is 0. The highest BCUT2D eigenvalue weighted by atomic mass is 16.1. The van der Waals surface area contributed by atoms with E-state index in [0.29, 0.717) is 18.5 Å². The van der Waals surface area contributed by atoms with Crippen molar-refractivity contribution in [2.24, 2.45) is 0 Å². The van der Waals surface area contributed by atoms with Gasteiger partial charge in [0.1, 0.15) is 0 Å². The van der Waals surface area contributed by atoms with Crippen LogP contribution in [0.3, 0.4) is 0 Å². The third kappa shape index (κ3) is 4.98. The molecule has 4 aromatic rings. The van der Waals surface area contributed by atoms with E-state index in [-0.39, 0.29) is 11.9 Å². The van der Waals surface area contributed by atoms with Gasteiger partial charge in [-0.05, 0) is 36.9 Å². The minimum atomic E-state index is -0.111. The molecule has 1 aliphatic heterocycles. The van der Waals surface area contributed by atoms with Gasteiger partial charge >= 0.3 is 0 Å². The normalized spacial score (nSPS) is 17.1. The number of nitrogens with one attached hydrogen (secondary N) is 1. The molecule has 1 N–H and O–H groups in total. The van der Waals surface area contributed by atoms with Crippen LogP contribution >= 0.6 is 0 Å². The van der Waals surface area contributed by atoms with E-state index in [0.717, 1.165) is 43.3 Å². The number of pyridine rings is 2. The largest absolute Gasteiger partial charge is 0.352 e. The summed E-state index contributed by atoms with van der Waals surface area (Å²) in [5.74, 6) is 0.749. The number of hydrogen-bond donors (Lipinski definition) is 1. The number of carbonyl (C=O) groups is 1. The van der Waals surface area contributed by atoms with Crippen LogP contribution in [-0.2, 0) is 13.0 Å². The van der Waals surface area contributed by atoms with Gasteiger partial charge in [0.05, 0.1) is 11.6 Å². The third-order valence-corrected chi connectivity index (χ3v) is 6.36. The summed E-state index contributed by atoms with van der Waals surface area (Å²) in [6.07, 6.45) is 4.31. The van der Waals surface area contributed by atoms with Gasteiger partial charge in [0.15, 0.2) is 11.5 Å². The SMILES string of the molecule is CN1CCN(Cc2ccccc2)CC1c1nnc2ccc(C(=O)NCCc3ccccn3)cn12. The summed E-state index contributed by atoms with van der Waals surface area (Å²) in [5.41, 5.74) is 3.60. The van der Waals surface area contributed by atoms with Crippen LogP contribution in [0.4, 0.5) is 0 Å². The molecular weight excluding hydrogens is 426 g/mol. The molecule has 0 aliphatic carbocycles. The van der Waals surface area contributed by atoms with Crippen molar-refractivity contribution in [1.29, 1.82) is 0 Å². The molecule has 1 fully saturated rings. The van der Waals surface area contributed by atoms with Crippen molar-refractivity contribution in [3.8, 4) is 0 Å². The fourth-order valence-corrected chi connectivity index (χ4v) is 4.42. The lowest BCUT2D eigenvalue weighted by Gasteiger charge is -2.38. The van der Waals surface area contributed by atoms with Crippen LogP contribution in [0.15, 0.2) is 73.1 Å². The molecule has 3 aromatic heterocycles. The van der Waals surface area contributed by atoms with Crippen LogP contribution in [0.1, 0.15) is 33.5 Å². The number of rotatable bonds is 7. The van der Waals surface area contributed by atoms with Gasteiger partial charge < -0.3 is 5.32 Å². The average Bonchev–Trinajstić information content (AvgIpc) is 3.29. The van der Waals surface area contributed by atoms with Crippen LogP contribution in [-0.4, -0.2) is 68.5 Å². The van der Waals surface area contributed by atoms with E-state index >= 15 is 0 Å². The summed E-state index contributed by atoms with van der Waals surface area (Å²) in [5, 5.41) is 11.9. The minimum absolute atomic E-state index is 0.0925. The molecule has 1 saturated heterocycles. The molecule has 1 unspecified atom stereocenters. The van der Waals surface area contributed by atoms with E-state index in [2.05, 4.69) is 61.6 Å². The molecule has 1 aromatic carbocycles. The van der Waals surface area contributed by atoms with E-state index in [4.69, 9.17) is 0 Å². The molecular formula is C26H29N7O. The second-order valence-electron chi connectivity index (χ2n) is 8.75. The van der Waals surface area contributed by atoms with Crippen molar-refractivity contribution in [2.75, 3.05) is 33.2 Å². The molecule has 1 atom stereocenters. The van der Waals surface area contributed by atoms with Crippen molar-refractivity contribution >= 4 is 11.6 Å². The maximum absolute atomic E-state index is 12.8. The van der Waals surface area contributed by atoms with Crippen LogP contribution in [0.2, 0.25) is 0 Å². The van der Waals surface area contributed by atoms with E-state index in [9.17, 15) is 4.79 Å². The number of amides is 1. The van der Waals surface area contributed by atoms with Crippen molar-refractivity contribution in [3.63, 3.8) is 0 Å².